The Morgan fingerprint density at radius 2 is 1.59 bits per heavy atom. The van der Waals surface area contributed by atoms with Crippen molar-refractivity contribution in [3.8, 4) is 0 Å². The highest BCUT2D eigenvalue weighted by Crippen LogP contribution is 2.09. The molecule has 0 heterocycles. The number of hydrogen-bond donors (Lipinski definition) is 1. The van der Waals surface area contributed by atoms with Crippen molar-refractivity contribution in [1.82, 2.24) is 5.32 Å². The van der Waals surface area contributed by atoms with Crippen LogP contribution in [0.5, 0.6) is 0 Å². The summed E-state index contributed by atoms with van der Waals surface area (Å²) in [6, 6.07) is 0.404. The van der Waals surface area contributed by atoms with Gasteiger partial charge in [-0.15, -0.1) is 0 Å². The molecule has 2 nitrogen and oxygen atoms in total. The number of rotatable bonds is 11. The molecular formula is C15H31NO. The van der Waals surface area contributed by atoms with E-state index < -0.39 is 0 Å². The fourth-order valence-electron chi connectivity index (χ4n) is 2.01. The quantitative estimate of drug-likeness (QED) is 0.533. The molecule has 2 heteroatoms. The summed E-state index contributed by atoms with van der Waals surface area (Å²) in [5, 5.41) is 3.15. The summed E-state index contributed by atoms with van der Waals surface area (Å²) in [5.41, 5.74) is 0. The molecule has 0 radical (unpaired) electrons. The summed E-state index contributed by atoms with van der Waals surface area (Å²) in [6.45, 7) is 6.53. The molecule has 0 aromatic heterocycles. The van der Waals surface area contributed by atoms with Crippen molar-refractivity contribution in [1.29, 1.82) is 0 Å². The number of carbonyl (C=O) groups excluding carboxylic acids is 1. The number of unbranched alkanes of at least 4 members (excludes halogenated alkanes) is 5. The minimum absolute atomic E-state index is 0.243. The second-order valence-electron chi connectivity index (χ2n) is 4.98. The summed E-state index contributed by atoms with van der Waals surface area (Å²) in [7, 11) is 0. The van der Waals surface area contributed by atoms with E-state index in [2.05, 4.69) is 26.1 Å². The maximum absolute atomic E-state index is 11.6. The first kappa shape index (κ1) is 16.5. The average molecular weight is 241 g/mol. The molecular weight excluding hydrogens is 210 g/mol. The summed E-state index contributed by atoms with van der Waals surface area (Å²) in [4.78, 5) is 11.6. The maximum atomic E-state index is 11.6. The zero-order chi connectivity index (χ0) is 12.9. The fraction of sp³-hybridized carbons (Fsp3) is 0.933. The minimum atomic E-state index is 0.243. The third-order valence-corrected chi connectivity index (χ3v) is 3.27. The van der Waals surface area contributed by atoms with Crippen LogP contribution in [-0.4, -0.2) is 11.9 Å². The van der Waals surface area contributed by atoms with Gasteiger partial charge in [-0.2, -0.15) is 0 Å². The number of hydrogen-bond acceptors (Lipinski definition) is 1. The molecule has 0 spiro atoms. The van der Waals surface area contributed by atoms with Gasteiger partial charge < -0.3 is 5.32 Å². The standard InChI is InChI=1S/C15H31NO/c1-4-7-9-10-11-12-14(6-3)16-15(17)13-8-5-2/h14H,4-13H2,1-3H3,(H,16,17). The lowest BCUT2D eigenvalue weighted by Crippen LogP contribution is -2.34. The van der Waals surface area contributed by atoms with Crippen molar-refractivity contribution < 1.29 is 4.79 Å². The normalized spacial score (nSPS) is 12.4. The molecule has 17 heavy (non-hydrogen) atoms. The second-order valence-corrected chi connectivity index (χ2v) is 4.98. The second kappa shape index (κ2) is 11.9. The van der Waals surface area contributed by atoms with E-state index in [1.165, 1.54) is 32.1 Å². The Balaban J connectivity index is 3.57. The molecule has 0 saturated heterocycles. The first-order valence-corrected chi connectivity index (χ1v) is 7.53. The Hall–Kier alpha value is -0.530. The van der Waals surface area contributed by atoms with Crippen LogP contribution in [0.15, 0.2) is 0 Å². The molecule has 0 bridgehead atoms. The zero-order valence-electron chi connectivity index (χ0n) is 12.1. The molecule has 0 fully saturated rings. The molecule has 0 aromatic carbocycles. The van der Waals surface area contributed by atoms with Crippen LogP contribution in [0.3, 0.4) is 0 Å². The highest BCUT2D eigenvalue weighted by Gasteiger charge is 2.09. The van der Waals surface area contributed by atoms with Crippen molar-refractivity contribution >= 4 is 5.91 Å². The summed E-state index contributed by atoms with van der Waals surface area (Å²) >= 11 is 0. The molecule has 0 aliphatic rings. The van der Waals surface area contributed by atoms with Gasteiger partial charge in [-0.05, 0) is 19.3 Å². The van der Waals surface area contributed by atoms with Gasteiger partial charge >= 0.3 is 0 Å². The molecule has 1 amide bonds. The molecule has 1 N–H and O–H groups in total. The largest absolute Gasteiger partial charge is 0.353 e. The smallest absolute Gasteiger partial charge is 0.220 e. The van der Waals surface area contributed by atoms with Gasteiger partial charge in [-0.25, -0.2) is 0 Å². The highest BCUT2D eigenvalue weighted by atomic mass is 16.1. The zero-order valence-corrected chi connectivity index (χ0v) is 12.1. The molecule has 0 aliphatic carbocycles. The highest BCUT2D eigenvalue weighted by molar-refractivity contribution is 5.76. The van der Waals surface area contributed by atoms with E-state index in [9.17, 15) is 4.79 Å². The predicted octanol–water partition coefficient (Wildman–Crippen LogP) is 4.43. The number of carbonyl (C=O) groups is 1. The van der Waals surface area contributed by atoms with Gasteiger partial charge in [0.25, 0.3) is 0 Å². The van der Waals surface area contributed by atoms with Crippen LogP contribution in [0.25, 0.3) is 0 Å². The van der Waals surface area contributed by atoms with Crippen LogP contribution < -0.4 is 5.32 Å². The predicted molar refractivity (Wildman–Crippen MR) is 75.1 cm³/mol. The van der Waals surface area contributed by atoms with Crippen LogP contribution >= 0.6 is 0 Å². The SMILES string of the molecule is CCCCCCCC(CC)NC(=O)CCCC. The lowest BCUT2D eigenvalue weighted by molar-refractivity contribution is -0.122. The van der Waals surface area contributed by atoms with Gasteiger partial charge in [0.1, 0.15) is 0 Å². The first-order valence-electron chi connectivity index (χ1n) is 7.53. The topological polar surface area (TPSA) is 29.1 Å². The maximum Gasteiger partial charge on any atom is 0.220 e. The Bertz CT molecular complexity index is 180. The van der Waals surface area contributed by atoms with E-state index in [0.29, 0.717) is 12.5 Å². The van der Waals surface area contributed by atoms with Gasteiger partial charge in [0.2, 0.25) is 5.91 Å². The van der Waals surface area contributed by atoms with Crippen LogP contribution in [0.2, 0.25) is 0 Å². The van der Waals surface area contributed by atoms with Crippen LogP contribution in [0.4, 0.5) is 0 Å². The summed E-state index contributed by atoms with van der Waals surface area (Å²) in [6.07, 6.45) is 11.6. The van der Waals surface area contributed by atoms with Crippen molar-refractivity contribution in [3.63, 3.8) is 0 Å². The van der Waals surface area contributed by atoms with E-state index >= 15 is 0 Å². The summed E-state index contributed by atoms with van der Waals surface area (Å²) < 4.78 is 0. The number of nitrogens with one attached hydrogen (secondary N) is 1. The van der Waals surface area contributed by atoms with Crippen molar-refractivity contribution in [2.24, 2.45) is 0 Å². The van der Waals surface area contributed by atoms with E-state index in [0.717, 1.165) is 25.7 Å². The fourth-order valence-corrected chi connectivity index (χ4v) is 2.01. The van der Waals surface area contributed by atoms with Crippen molar-refractivity contribution in [3.05, 3.63) is 0 Å². The van der Waals surface area contributed by atoms with E-state index in [-0.39, 0.29) is 5.91 Å². The molecule has 0 aliphatic heterocycles. The Kier molecular flexibility index (Phi) is 11.6. The van der Waals surface area contributed by atoms with Crippen LogP contribution in [-0.2, 0) is 4.79 Å². The Labute approximate surface area is 108 Å². The van der Waals surface area contributed by atoms with Gasteiger partial charge in [-0.3, -0.25) is 4.79 Å². The molecule has 0 rings (SSSR count). The van der Waals surface area contributed by atoms with Crippen LogP contribution in [0, 0.1) is 0 Å². The lowest BCUT2D eigenvalue weighted by atomic mass is 10.0. The van der Waals surface area contributed by atoms with Crippen molar-refractivity contribution in [2.75, 3.05) is 0 Å². The minimum Gasteiger partial charge on any atom is -0.353 e. The molecule has 0 aromatic rings. The number of amides is 1. The molecule has 1 atom stereocenters. The van der Waals surface area contributed by atoms with E-state index in [1.54, 1.807) is 0 Å². The molecule has 102 valence electrons. The van der Waals surface area contributed by atoms with Gasteiger partial charge in [0, 0.05) is 12.5 Å². The Morgan fingerprint density at radius 3 is 2.18 bits per heavy atom. The lowest BCUT2D eigenvalue weighted by Gasteiger charge is -2.16. The average Bonchev–Trinajstić information content (AvgIpc) is 2.34. The monoisotopic (exact) mass is 241 g/mol. The third kappa shape index (κ3) is 10.3. The van der Waals surface area contributed by atoms with E-state index in [4.69, 9.17) is 0 Å². The molecule has 1 unspecified atom stereocenters. The van der Waals surface area contributed by atoms with Gasteiger partial charge in [0.05, 0.1) is 0 Å². The molecule has 0 saturated carbocycles. The van der Waals surface area contributed by atoms with Crippen molar-refractivity contribution in [2.45, 2.75) is 91.0 Å². The first-order chi connectivity index (χ1) is 8.24. The van der Waals surface area contributed by atoms with Crippen LogP contribution in [0.1, 0.15) is 85.0 Å². The third-order valence-electron chi connectivity index (χ3n) is 3.27. The Morgan fingerprint density at radius 1 is 0.941 bits per heavy atom. The van der Waals surface area contributed by atoms with Gasteiger partial charge in [0.15, 0.2) is 0 Å². The summed E-state index contributed by atoms with van der Waals surface area (Å²) in [5.74, 6) is 0.243. The van der Waals surface area contributed by atoms with Gasteiger partial charge in [-0.1, -0.05) is 59.3 Å². The van der Waals surface area contributed by atoms with E-state index in [1.807, 2.05) is 0 Å².